The largest absolute Gasteiger partial charge is 0.324 e. The second kappa shape index (κ2) is 4.00. The number of hydrogen-bond acceptors (Lipinski definition) is 2. The highest BCUT2D eigenvalue weighted by molar-refractivity contribution is 5.35. The van der Waals surface area contributed by atoms with Crippen molar-refractivity contribution in [2.75, 3.05) is 0 Å². The quantitative estimate of drug-likeness (QED) is 0.876. The van der Waals surface area contributed by atoms with Gasteiger partial charge < -0.3 is 5.73 Å². The van der Waals surface area contributed by atoms with Crippen molar-refractivity contribution in [1.82, 2.24) is 9.78 Å². The van der Waals surface area contributed by atoms with E-state index in [1.54, 1.807) is 0 Å². The van der Waals surface area contributed by atoms with Crippen LogP contribution in [-0.4, -0.2) is 9.78 Å². The fraction of sp³-hybridized carbons (Fsp3) is 0.357. The van der Waals surface area contributed by atoms with E-state index in [2.05, 4.69) is 35.4 Å². The number of benzene rings is 1. The molecule has 1 saturated carbocycles. The Morgan fingerprint density at radius 1 is 1.24 bits per heavy atom. The summed E-state index contributed by atoms with van der Waals surface area (Å²) in [5.74, 6) is 0.708. The molecule has 0 aliphatic heterocycles. The van der Waals surface area contributed by atoms with E-state index < -0.39 is 0 Å². The molecule has 2 aromatic rings. The van der Waals surface area contributed by atoms with Crippen molar-refractivity contribution < 1.29 is 0 Å². The van der Waals surface area contributed by atoms with Crippen LogP contribution in [0.2, 0.25) is 0 Å². The zero-order valence-electron chi connectivity index (χ0n) is 10.0. The topological polar surface area (TPSA) is 43.8 Å². The van der Waals surface area contributed by atoms with Crippen LogP contribution in [0.4, 0.5) is 0 Å². The van der Waals surface area contributed by atoms with Gasteiger partial charge in [0.25, 0.3) is 0 Å². The van der Waals surface area contributed by atoms with Gasteiger partial charge in [-0.25, -0.2) is 4.68 Å². The molecule has 3 heteroatoms. The van der Waals surface area contributed by atoms with E-state index in [1.165, 1.54) is 18.5 Å². The minimum atomic E-state index is 0.0868. The summed E-state index contributed by atoms with van der Waals surface area (Å²) in [6, 6.07) is 10.5. The summed E-state index contributed by atoms with van der Waals surface area (Å²) in [6.07, 6.45) is 4.62. The van der Waals surface area contributed by atoms with Crippen LogP contribution in [0, 0.1) is 0 Å². The first kappa shape index (κ1) is 10.5. The molecule has 2 N–H and O–H groups in total. The Kier molecular flexibility index (Phi) is 2.48. The average Bonchev–Trinajstić information content (AvgIpc) is 3.07. The van der Waals surface area contributed by atoms with Gasteiger partial charge in [0.2, 0.25) is 0 Å². The molecule has 1 fully saturated rings. The molecule has 0 saturated heterocycles. The van der Waals surface area contributed by atoms with Crippen molar-refractivity contribution in [2.45, 2.75) is 31.7 Å². The van der Waals surface area contributed by atoms with Crippen molar-refractivity contribution in [3.05, 3.63) is 47.8 Å². The van der Waals surface area contributed by atoms with E-state index in [4.69, 9.17) is 5.73 Å². The zero-order valence-corrected chi connectivity index (χ0v) is 10.0. The molecule has 0 spiro atoms. The molecule has 0 bridgehead atoms. The van der Waals surface area contributed by atoms with Crippen LogP contribution in [0.1, 0.15) is 43.0 Å². The summed E-state index contributed by atoms with van der Waals surface area (Å²) in [6.45, 7) is 1.99. The van der Waals surface area contributed by atoms with Gasteiger partial charge in [-0.05, 0) is 43.5 Å². The first-order valence-electron chi connectivity index (χ1n) is 6.15. The second-order valence-corrected chi connectivity index (χ2v) is 4.84. The molecule has 3 rings (SSSR count). The highest BCUT2D eigenvalue weighted by Crippen LogP contribution is 2.39. The van der Waals surface area contributed by atoms with E-state index in [1.807, 2.05) is 17.8 Å². The minimum absolute atomic E-state index is 0.0868. The number of rotatable bonds is 3. The molecule has 3 nitrogen and oxygen atoms in total. The summed E-state index contributed by atoms with van der Waals surface area (Å²) < 4.78 is 1.94. The van der Waals surface area contributed by atoms with Crippen LogP contribution in [0.25, 0.3) is 5.69 Å². The Morgan fingerprint density at radius 3 is 2.53 bits per heavy atom. The monoisotopic (exact) mass is 227 g/mol. The smallest absolute Gasteiger partial charge is 0.0659 e. The maximum atomic E-state index is 5.83. The Bertz CT molecular complexity index is 507. The zero-order chi connectivity index (χ0) is 11.8. The molecule has 1 atom stereocenters. The highest BCUT2D eigenvalue weighted by atomic mass is 15.3. The maximum Gasteiger partial charge on any atom is 0.0659 e. The molecule has 0 amide bonds. The van der Waals surface area contributed by atoms with Gasteiger partial charge in [0.15, 0.2) is 0 Å². The van der Waals surface area contributed by atoms with Crippen LogP contribution in [0.3, 0.4) is 0 Å². The molecule has 1 aliphatic rings. The van der Waals surface area contributed by atoms with Crippen LogP contribution in [0.15, 0.2) is 36.5 Å². The third kappa shape index (κ3) is 2.11. The fourth-order valence-corrected chi connectivity index (χ4v) is 2.01. The predicted molar refractivity (Wildman–Crippen MR) is 68.1 cm³/mol. The summed E-state index contributed by atoms with van der Waals surface area (Å²) in [4.78, 5) is 0. The first-order chi connectivity index (χ1) is 8.24. The lowest BCUT2D eigenvalue weighted by molar-refractivity contribution is 0.810. The molecule has 1 heterocycles. The van der Waals surface area contributed by atoms with Crippen LogP contribution >= 0.6 is 0 Å². The lowest BCUT2D eigenvalue weighted by Gasteiger charge is -2.07. The Morgan fingerprint density at radius 2 is 1.94 bits per heavy atom. The van der Waals surface area contributed by atoms with Gasteiger partial charge in [0.05, 0.1) is 11.4 Å². The highest BCUT2D eigenvalue weighted by Gasteiger charge is 2.25. The van der Waals surface area contributed by atoms with Gasteiger partial charge in [-0.15, -0.1) is 0 Å². The van der Waals surface area contributed by atoms with Gasteiger partial charge in [0, 0.05) is 18.2 Å². The number of aromatic nitrogens is 2. The number of nitrogens with zero attached hydrogens (tertiary/aromatic N) is 2. The van der Waals surface area contributed by atoms with Gasteiger partial charge >= 0.3 is 0 Å². The van der Waals surface area contributed by atoms with Crippen molar-refractivity contribution in [3.63, 3.8) is 0 Å². The molecule has 0 unspecified atom stereocenters. The molecule has 17 heavy (non-hydrogen) atoms. The molecular formula is C14H17N3. The third-order valence-electron chi connectivity index (χ3n) is 3.29. The molecular weight excluding hydrogens is 210 g/mol. The summed E-state index contributed by atoms with van der Waals surface area (Å²) >= 11 is 0. The lowest BCUT2D eigenvalue weighted by Crippen LogP contribution is -2.05. The predicted octanol–water partition coefficient (Wildman–Crippen LogP) is 2.77. The average molecular weight is 227 g/mol. The number of hydrogen-bond donors (Lipinski definition) is 1. The summed E-state index contributed by atoms with van der Waals surface area (Å²) in [7, 11) is 0. The van der Waals surface area contributed by atoms with Crippen molar-refractivity contribution >= 4 is 0 Å². The van der Waals surface area contributed by atoms with E-state index in [-0.39, 0.29) is 6.04 Å². The van der Waals surface area contributed by atoms with E-state index in [0.29, 0.717) is 5.92 Å². The molecule has 1 aromatic heterocycles. The van der Waals surface area contributed by atoms with E-state index in [9.17, 15) is 0 Å². The van der Waals surface area contributed by atoms with Crippen LogP contribution in [0.5, 0.6) is 0 Å². The minimum Gasteiger partial charge on any atom is -0.324 e. The number of nitrogens with two attached hydrogens (primary N) is 1. The lowest BCUT2D eigenvalue weighted by atomic mass is 10.1. The van der Waals surface area contributed by atoms with Gasteiger partial charge in [-0.2, -0.15) is 5.10 Å². The molecule has 0 radical (unpaired) electrons. The van der Waals surface area contributed by atoms with E-state index >= 15 is 0 Å². The van der Waals surface area contributed by atoms with Gasteiger partial charge in [-0.3, -0.25) is 0 Å². The van der Waals surface area contributed by atoms with Gasteiger partial charge in [-0.1, -0.05) is 12.1 Å². The summed E-state index contributed by atoms with van der Waals surface area (Å²) in [5.41, 5.74) is 9.31. The Labute approximate surface area is 101 Å². The van der Waals surface area contributed by atoms with Crippen molar-refractivity contribution in [1.29, 1.82) is 0 Å². The van der Waals surface area contributed by atoms with Crippen LogP contribution < -0.4 is 5.73 Å². The van der Waals surface area contributed by atoms with Crippen LogP contribution in [-0.2, 0) is 0 Å². The van der Waals surface area contributed by atoms with E-state index in [0.717, 1.165) is 11.3 Å². The summed E-state index contributed by atoms with van der Waals surface area (Å²) in [5, 5.41) is 4.60. The standard InChI is InChI=1S/C14H17N3/c1-10(15)11-4-6-13(7-5-11)17-9-8-14(16-17)12-2-3-12/h4-10,12H,2-3,15H2,1H3/t10-/m0/s1. The first-order valence-corrected chi connectivity index (χ1v) is 6.15. The third-order valence-corrected chi connectivity index (χ3v) is 3.29. The Balaban J connectivity index is 1.86. The molecule has 1 aromatic carbocycles. The van der Waals surface area contributed by atoms with Crippen molar-refractivity contribution in [2.24, 2.45) is 5.73 Å². The SMILES string of the molecule is C[C@H](N)c1ccc(-n2ccc(C3CC3)n2)cc1. The maximum absolute atomic E-state index is 5.83. The van der Waals surface area contributed by atoms with Gasteiger partial charge in [0.1, 0.15) is 0 Å². The molecule has 88 valence electrons. The molecule has 1 aliphatic carbocycles. The van der Waals surface area contributed by atoms with Crippen molar-refractivity contribution in [3.8, 4) is 5.69 Å². The normalized spacial score (nSPS) is 17.1. The fourth-order valence-electron chi connectivity index (χ4n) is 2.01. The Hall–Kier alpha value is -1.61. The second-order valence-electron chi connectivity index (χ2n) is 4.84.